The van der Waals surface area contributed by atoms with Gasteiger partial charge in [-0.25, -0.2) is 14.6 Å². The van der Waals surface area contributed by atoms with Gasteiger partial charge in [0.15, 0.2) is 11.4 Å². The van der Waals surface area contributed by atoms with Gasteiger partial charge in [0.05, 0.1) is 38.6 Å². The lowest BCUT2D eigenvalue weighted by molar-refractivity contribution is -0.145. The molecular weight excluding hydrogens is 619 g/mol. The van der Waals surface area contributed by atoms with Gasteiger partial charge in [0.25, 0.3) is 5.56 Å². The molecule has 0 saturated heterocycles. The van der Waals surface area contributed by atoms with Crippen LogP contribution in [0.2, 0.25) is 0 Å². The Kier molecular flexibility index (Phi) is 8.83. The van der Waals surface area contributed by atoms with Gasteiger partial charge in [-0.05, 0) is 79.6 Å². The van der Waals surface area contributed by atoms with Crippen LogP contribution in [0.25, 0.3) is 6.08 Å². The number of aryl methyl sites for hydroxylation is 1. The van der Waals surface area contributed by atoms with Crippen LogP contribution in [0.4, 0.5) is 0 Å². The summed E-state index contributed by atoms with van der Waals surface area (Å²) in [6.07, 6.45) is 1.79. The lowest BCUT2D eigenvalue weighted by Crippen LogP contribution is -2.39. The number of hydrogen-bond donors (Lipinski definition) is 0. The highest BCUT2D eigenvalue weighted by Gasteiger charge is 2.33. The maximum atomic E-state index is 13.7. The van der Waals surface area contributed by atoms with Crippen LogP contribution < -0.4 is 19.6 Å². The summed E-state index contributed by atoms with van der Waals surface area (Å²) in [7, 11) is 0. The SMILES string of the molecule is CCOC(=O)COc1ccc(/C=c2/sc3n(c2=O)[C@@H](c2ccc(C)cc2)C(C(=O)OCC)=C(C)N=3)cc1I. The third-order valence-electron chi connectivity index (χ3n) is 5.81. The van der Waals surface area contributed by atoms with Gasteiger partial charge in [0.1, 0.15) is 5.75 Å². The zero-order valence-electron chi connectivity index (χ0n) is 21.4. The van der Waals surface area contributed by atoms with E-state index >= 15 is 0 Å². The Morgan fingerprint density at radius 2 is 1.79 bits per heavy atom. The molecule has 2 aromatic carbocycles. The number of nitrogens with zero attached hydrogens (tertiary/aromatic N) is 2. The molecule has 38 heavy (non-hydrogen) atoms. The molecule has 0 fully saturated rings. The number of carbonyl (C=O) groups is 2. The topological polar surface area (TPSA) is 96.2 Å². The number of esters is 2. The first-order valence-corrected chi connectivity index (χ1v) is 14.0. The smallest absolute Gasteiger partial charge is 0.344 e. The Balaban J connectivity index is 1.76. The van der Waals surface area contributed by atoms with E-state index in [1.807, 2.05) is 43.3 Å². The molecule has 0 N–H and O–H groups in total. The summed E-state index contributed by atoms with van der Waals surface area (Å²) in [4.78, 5) is 43.4. The molecule has 3 aromatic rings. The molecule has 198 valence electrons. The molecule has 8 nitrogen and oxygen atoms in total. The number of halogens is 1. The van der Waals surface area contributed by atoms with E-state index in [-0.39, 0.29) is 18.8 Å². The van der Waals surface area contributed by atoms with Crippen LogP contribution in [0.1, 0.15) is 43.5 Å². The summed E-state index contributed by atoms with van der Waals surface area (Å²) in [6.45, 7) is 7.57. The first-order chi connectivity index (χ1) is 18.2. The van der Waals surface area contributed by atoms with E-state index < -0.39 is 18.0 Å². The van der Waals surface area contributed by atoms with Crippen molar-refractivity contribution in [3.05, 3.63) is 93.7 Å². The predicted octanol–water partition coefficient (Wildman–Crippen LogP) is 3.65. The van der Waals surface area contributed by atoms with E-state index in [0.717, 1.165) is 20.3 Å². The van der Waals surface area contributed by atoms with Crippen LogP contribution in [0, 0.1) is 10.5 Å². The quantitative estimate of drug-likeness (QED) is 0.274. The Morgan fingerprint density at radius 1 is 1.08 bits per heavy atom. The van der Waals surface area contributed by atoms with E-state index in [9.17, 15) is 14.4 Å². The second-order valence-corrected chi connectivity index (χ2v) is 10.7. The molecule has 0 unspecified atom stereocenters. The maximum Gasteiger partial charge on any atom is 0.344 e. The summed E-state index contributed by atoms with van der Waals surface area (Å²) >= 11 is 3.39. The van der Waals surface area contributed by atoms with Gasteiger partial charge >= 0.3 is 11.9 Å². The molecule has 1 atom stereocenters. The van der Waals surface area contributed by atoms with Crippen molar-refractivity contribution in [1.29, 1.82) is 0 Å². The van der Waals surface area contributed by atoms with Gasteiger partial charge in [-0.15, -0.1) is 0 Å². The third-order valence-corrected chi connectivity index (χ3v) is 7.64. The number of ether oxygens (including phenoxy) is 3. The molecule has 1 aliphatic heterocycles. The van der Waals surface area contributed by atoms with Gasteiger partial charge < -0.3 is 14.2 Å². The summed E-state index contributed by atoms with van der Waals surface area (Å²) in [6, 6.07) is 12.5. The molecule has 0 spiro atoms. The fourth-order valence-electron chi connectivity index (χ4n) is 4.07. The molecule has 1 aliphatic rings. The summed E-state index contributed by atoms with van der Waals surface area (Å²) in [5, 5.41) is 0. The molecule has 10 heteroatoms. The number of rotatable bonds is 8. The first kappa shape index (κ1) is 27.8. The highest BCUT2D eigenvalue weighted by atomic mass is 127. The van der Waals surface area contributed by atoms with Crippen molar-refractivity contribution in [2.24, 2.45) is 4.99 Å². The van der Waals surface area contributed by atoms with Crippen molar-refractivity contribution in [1.82, 2.24) is 4.57 Å². The van der Waals surface area contributed by atoms with Crippen molar-refractivity contribution in [3.63, 3.8) is 0 Å². The van der Waals surface area contributed by atoms with E-state index in [4.69, 9.17) is 14.2 Å². The summed E-state index contributed by atoms with van der Waals surface area (Å²) < 4.78 is 18.6. The monoisotopic (exact) mass is 646 g/mol. The molecule has 0 radical (unpaired) electrons. The van der Waals surface area contributed by atoms with Crippen molar-refractivity contribution in [3.8, 4) is 5.75 Å². The Labute approximate surface area is 237 Å². The largest absolute Gasteiger partial charge is 0.481 e. The summed E-state index contributed by atoms with van der Waals surface area (Å²) in [5.41, 5.74) is 3.30. The first-order valence-electron chi connectivity index (χ1n) is 12.1. The van der Waals surface area contributed by atoms with Crippen LogP contribution in [-0.4, -0.2) is 36.3 Å². The minimum Gasteiger partial charge on any atom is -0.481 e. The summed E-state index contributed by atoms with van der Waals surface area (Å²) in [5.74, 6) is -0.373. The van der Waals surface area contributed by atoms with Gasteiger partial charge in [0.2, 0.25) is 0 Å². The molecule has 4 rings (SSSR count). The standard InChI is InChI=1S/C28H27IN2O6S/c1-5-35-23(32)15-37-21-12-9-18(13-20(21)29)14-22-26(33)31-25(19-10-7-16(3)8-11-19)24(27(34)36-6-2)17(4)30-28(31)38-22/h7-14,25H,5-6,15H2,1-4H3/b22-14+/t25-/m0/s1. The Hall–Kier alpha value is -3.25. The van der Waals surface area contributed by atoms with E-state index in [1.54, 1.807) is 37.5 Å². The molecule has 0 amide bonds. The van der Waals surface area contributed by atoms with Crippen molar-refractivity contribution < 1.29 is 23.8 Å². The lowest BCUT2D eigenvalue weighted by atomic mass is 9.95. The van der Waals surface area contributed by atoms with Crippen LogP contribution in [0.15, 0.2) is 63.5 Å². The average molecular weight is 647 g/mol. The molecular formula is C28H27IN2O6S. The van der Waals surface area contributed by atoms with Gasteiger partial charge in [-0.3, -0.25) is 9.36 Å². The predicted molar refractivity (Wildman–Crippen MR) is 153 cm³/mol. The number of thiazole rings is 1. The number of hydrogen-bond acceptors (Lipinski definition) is 8. The number of carbonyl (C=O) groups excluding carboxylic acids is 2. The number of allylic oxidation sites excluding steroid dienone is 1. The van der Waals surface area contributed by atoms with Crippen molar-refractivity contribution >= 4 is 51.9 Å². The maximum absolute atomic E-state index is 13.7. The minimum absolute atomic E-state index is 0.178. The van der Waals surface area contributed by atoms with Crippen LogP contribution in [0.3, 0.4) is 0 Å². The second kappa shape index (κ2) is 12.1. The van der Waals surface area contributed by atoms with Gasteiger partial charge in [-0.1, -0.05) is 47.2 Å². The number of aromatic nitrogens is 1. The average Bonchev–Trinajstić information content (AvgIpc) is 3.17. The van der Waals surface area contributed by atoms with Gasteiger partial charge in [-0.2, -0.15) is 0 Å². The zero-order chi connectivity index (χ0) is 27.4. The van der Waals surface area contributed by atoms with Crippen LogP contribution in [0.5, 0.6) is 5.75 Å². The molecule has 0 bridgehead atoms. The normalized spacial score (nSPS) is 15.1. The third kappa shape index (κ3) is 5.91. The minimum atomic E-state index is -0.646. The van der Waals surface area contributed by atoms with Crippen LogP contribution >= 0.6 is 33.9 Å². The van der Waals surface area contributed by atoms with E-state index in [0.29, 0.717) is 33.0 Å². The number of fused-ring (bicyclic) bond motifs is 1. The van der Waals surface area contributed by atoms with E-state index in [1.165, 1.54) is 11.3 Å². The molecule has 1 aromatic heterocycles. The fourth-order valence-corrected chi connectivity index (χ4v) is 5.81. The zero-order valence-corrected chi connectivity index (χ0v) is 24.4. The van der Waals surface area contributed by atoms with E-state index in [2.05, 4.69) is 27.6 Å². The highest BCUT2D eigenvalue weighted by molar-refractivity contribution is 14.1. The fraction of sp³-hybridized carbons (Fsp3) is 0.286. The Bertz CT molecular complexity index is 1590. The van der Waals surface area contributed by atoms with Crippen molar-refractivity contribution in [2.45, 2.75) is 33.7 Å². The molecule has 0 aliphatic carbocycles. The highest BCUT2D eigenvalue weighted by Crippen LogP contribution is 2.31. The number of benzene rings is 2. The molecule has 2 heterocycles. The van der Waals surface area contributed by atoms with Crippen LogP contribution in [-0.2, 0) is 19.1 Å². The second-order valence-electron chi connectivity index (χ2n) is 8.50. The Morgan fingerprint density at radius 3 is 2.45 bits per heavy atom. The molecule has 0 saturated carbocycles. The van der Waals surface area contributed by atoms with Gasteiger partial charge in [0, 0.05) is 0 Å². The lowest BCUT2D eigenvalue weighted by Gasteiger charge is -2.24. The van der Waals surface area contributed by atoms with Crippen molar-refractivity contribution in [2.75, 3.05) is 19.8 Å².